The molecule has 0 fully saturated rings. The SMILES string of the molecule is O=C1Nc2ccc(F)cc2C1Nc1cccc(F)c1. The summed E-state index contributed by atoms with van der Waals surface area (Å²) in [4.78, 5) is 11.8. The van der Waals surface area contributed by atoms with Crippen molar-refractivity contribution in [3.05, 3.63) is 59.7 Å². The highest BCUT2D eigenvalue weighted by atomic mass is 19.1. The highest BCUT2D eigenvalue weighted by Gasteiger charge is 2.30. The van der Waals surface area contributed by atoms with Crippen molar-refractivity contribution in [2.45, 2.75) is 6.04 Å². The van der Waals surface area contributed by atoms with E-state index in [0.717, 1.165) is 0 Å². The Labute approximate surface area is 108 Å². The minimum absolute atomic E-state index is 0.287. The molecule has 5 heteroatoms. The fraction of sp³-hybridized carbons (Fsp3) is 0.0714. The van der Waals surface area contributed by atoms with Crippen molar-refractivity contribution in [2.75, 3.05) is 10.6 Å². The fourth-order valence-corrected chi connectivity index (χ4v) is 2.12. The maximum atomic E-state index is 13.2. The summed E-state index contributed by atoms with van der Waals surface area (Å²) < 4.78 is 26.3. The second-order valence-corrected chi connectivity index (χ2v) is 4.31. The van der Waals surface area contributed by atoms with Crippen LogP contribution in [0.15, 0.2) is 42.5 Å². The van der Waals surface area contributed by atoms with E-state index in [1.807, 2.05) is 0 Å². The lowest BCUT2D eigenvalue weighted by atomic mass is 10.1. The van der Waals surface area contributed by atoms with Gasteiger partial charge in [-0.1, -0.05) is 6.07 Å². The van der Waals surface area contributed by atoms with Crippen LogP contribution in [0.4, 0.5) is 20.2 Å². The second kappa shape index (κ2) is 4.35. The van der Waals surface area contributed by atoms with Gasteiger partial charge < -0.3 is 10.6 Å². The first-order valence-corrected chi connectivity index (χ1v) is 5.76. The summed E-state index contributed by atoms with van der Waals surface area (Å²) in [6.07, 6.45) is 0. The molecule has 19 heavy (non-hydrogen) atoms. The number of halogens is 2. The largest absolute Gasteiger partial charge is 0.370 e. The topological polar surface area (TPSA) is 41.1 Å². The Kier molecular flexibility index (Phi) is 2.67. The number of amides is 1. The number of nitrogens with one attached hydrogen (secondary N) is 2. The number of hydrogen-bond acceptors (Lipinski definition) is 2. The molecule has 0 bridgehead atoms. The van der Waals surface area contributed by atoms with Gasteiger partial charge in [-0.2, -0.15) is 0 Å². The Morgan fingerprint density at radius 1 is 1.05 bits per heavy atom. The van der Waals surface area contributed by atoms with Crippen LogP contribution < -0.4 is 10.6 Å². The molecule has 3 rings (SSSR count). The lowest BCUT2D eigenvalue weighted by Crippen LogP contribution is -2.19. The van der Waals surface area contributed by atoms with Gasteiger partial charge in [-0.25, -0.2) is 8.78 Å². The summed E-state index contributed by atoms with van der Waals surface area (Å²) in [7, 11) is 0. The van der Waals surface area contributed by atoms with E-state index in [2.05, 4.69) is 10.6 Å². The van der Waals surface area contributed by atoms with Crippen molar-refractivity contribution >= 4 is 17.3 Å². The van der Waals surface area contributed by atoms with Crippen LogP contribution in [-0.4, -0.2) is 5.91 Å². The third-order valence-corrected chi connectivity index (χ3v) is 2.98. The molecular weight excluding hydrogens is 250 g/mol. The van der Waals surface area contributed by atoms with Gasteiger partial charge in [0.15, 0.2) is 0 Å². The zero-order valence-electron chi connectivity index (χ0n) is 9.78. The van der Waals surface area contributed by atoms with Crippen LogP contribution in [0.1, 0.15) is 11.6 Å². The van der Waals surface area contributed by atoms with Gasteiger partial charge in [-0.05, 0) is 36.4 Å². The van der Waals surface area contributed by atoms with Gasteiger partial charge in [-0.15, -0.1) is 0 Å². The first-order valence-electron chi connectivity index (χ1n) is 5.76. The van der Waals surface area contributed by atoms with Crippen molar-refractivity contribution in [2.24, 2.45) is 0 Å². The molecule has 2 aromatic carbocycles. The average molecular weight is 260 g/mol. The molecule has 3 nitrogen and oxygen atoms in total. The molecule has 2 aromatic rings. The summed E-state index contributed by atoms with van der Waals surface area (Å²) >= 11 is 0. The molecule has 1 unspecified atom stereocenters. The predicted molar refractivity (Wildman–Crippen MR) is 67.8 cm³/mol. The van der Waals surface area contributed by atoms with Crippen LogP contribution in [0.2, 0.25) is 0 Å². The van der Waals surface area contributed by atoms with E-state index in [0.29, 0.717) is 16.9 Å². The molecule has 1 heterocycles. The van der Waals surface area contributed by atoms with Crippen LogP contribution in [0.3, 0.4) is 0 Å². The Morgan fingerprint density at radius 3 is 2.63 bits per heavy atom. The Bertz CT molecular complexity index is 658. The first kappa shape index (κ1) is 11.6. The van der Waals surface area contributed by atoms with Gasteiger partial charge in [0, 0.05) is 16.9 Å². The zero-order chi connectivity index (χ0) is 13.4. The predicted octanol–water partition coefficient (Wildman–Crippen LogP) is 3.07. The van der Waals surface area contributed by atoms with E-state index in [1.165, 1.54) is 36.4 Å². The van der Waals surface area contributed by atoms with E-state index >= 15 is 0 Å². The molecule has 0 aliphatic carbocycles. The first-order chi connectivity index (χ1) is 9.13. The second-order valence-electron chi connectivity index (χ2n) is 4.31. The summed E-state index contributed by atoms with van der Waals surface area (Å²) in [5, 5.41) is 5.54. The minimum Gasteiger partial charge on any atom is -0.370 e. The molecule has 96 valence electrons. The molecule has 2 N–H and O–H groups in total. The Hall–Kier alpha value is -2.43. The third-order valence-electron chi connectivity index (χ3n) is 2.98. The molecule has 1 aliphatic rings. The fourth-order valence-electron chi connectivity index (χ4n) is 2.12. The standard InChI is InChI=1S/C14H10F2N2O/c15-8-2-1-3-10(6-8)17-13-11-7-9(16)4-5-12(11)18-14(13)19/h1-7,13,17H,(H,18,19). The maximum Gasteiger partial charge on any atom is 0.251 e. The molecule has 0 saturated carbocycles. The maximum absolute atomic E-state index is 13.2. The molecule has 0 aromatic heterocycles. The molecule has 0 spiro atoms. The number of carbonyl (C=O) groups is 1. The number of hydrogen-bond donors (Lipinski definition) is 2. The monoisotopic (exact) mass is 260 g/mol. The summed E-state index contributed by atoms with van der Waals surface area (Å²) in [5.74, 6) is -1.10. The number of rotatable bonds is 2. The summed E-state index contributed by atoms with van der Waals surface area (Å²) in [5.41, 5.74) is 1.56. The Balaban J connectivity index is 1.94. The lowest BCUT2D eigenvalue weighted by Gasteiger charge is -2.13. The van der Waals surface area contributed by atoms with Crippen molar-refractivity contribution in [1.29, 1.82) is 0 Å². The van der Waals surface area contributed by atoms with E-state index in [9.17, 15) is 13.6 Å². The lowest BCUT2D eigenvalue weighted by molar-refractivity contribution is -0.116. The summed E-state index contributed by atoms with van der Waals surface area (Å²) in [6.45, 7) is 0. The molecule has 1 amide bonds. The molecule has 1 aliphatic heterocycles. The quantitative estimate of drug-likeness (QED) is 0.871. The van der Waals surface area contributed by atoms with Crippen molar-refractivity contribution in [3.63, 3.8) is 0 Å². The van der Waals surface area contributed by atoms with Crippen LogP contribution in [0.5, 0.6) is 0 Å². The van der Waals surface area contributed by atoms with Gasteiger partial charge in [-0.3, -0.25) is 4.79 Å². The van der Waals surface area contributed by atoms with Crippen molar-refractivity contribution < 1.29 is 13.6 Å². The third kappa shape index (κ3) is 2.14. The van der Waals surface area contributed by atoms with Crippen LogP contribution in [0, 0.1) is 11.6 Å². The molecule has 0 radical (unpaired) electrons. The number of benzene rings is 2. The van der Waals surface area contributed by atoms with E-state index in [-0.39, 0.29) is 5.91 Å². The van der Waals surface area contributed by atoms with E-state index in [4.69, 9.17) is 0 Å². The molecular formula is C14H10F2N2O. The average Bonchev–Trinajstić information content (AvgIpc) is 2.66. The van der Waals surface area contributed by atoms with Crippen LogP contribution in [-0.2, 0) is 4.79 Å². The molecule has 1 atom stereocenters. The highest BCUT2D eigenvalue weighted by molar-refractivity contribution is 6.04. The van der Waals surface area contributed by atoms with Gasteiger partial charge in [0.1, 0.15) is 17.7 Å². The van der Waals surface area contributed by atoms with Crippen LogP contribution in [0.25, 0.3) is 0 Å². The van der Waals surface area contributed by atoms with Crippen molar-refractivity contribution in [1.82, 2.24) is 0 Å². The smallest absolute Gasteiger partial charge is 0.251 e. The molecule has 0 saturated heterocycles. The summed E-state index contributed by atoms with van der Waals surface area (Å²) in [6, 6.07) is 9.15. The normalized spacial score (nSPS) is 16.9. The van der Waals surface area contributed by atoms with Gasteiger partial charge >= 0.3 is 0 Å². The zero-order valence-corrected chi connectivity index (χ0v) is 9.78. The Morgan fingerprint density at radius 2 is 1.84 bits per heavy atom. The number of carbonyl (C=O) groups excluding carboxylic acids is 1. The van der Waals surface area contributed by atoms with Gasteiger partial charge in [0.25, 0.3) is 5.91 Å². The van der Waals surface area contributed by atoms with Crippen LogP contribution >= 0.6 is 0 Å². The van der Waals surface area contributed by atoms with Crippen molar-refractivity contribution in [3.8, 4) is 0 Å². The number of anilines is 2. The van der Waals surface area contributed by atoms with E-state index in [1.54, 1.807) is 6.07 Å². The van der Waals surface area contributed by atoms with Gasteiger partial charge in [0.05, 0.1) is 0 Å². The number of fused-ring (bicyclic) bond motifs is 1. The minimum atomic E-state index is -0.715. The highest BCUT2D eigenvalue weighted by Crippen LogP contribution is 2.33. The van der Waals surface area contributed by atoms with E-state index < -0.39 is 17.7 Å². The van der Waals surface area contributed by atoms with Gasteiger partial charge in [0.2, 0.25) is 0 Å².